The smallest absolute Gasteiger partial charge is 0.268 e. The number of halogens is 2. The number of ether oxygens (including phenoxy) is 1. The van der Waals surface area contributed by atoms with E-state index in [1.165, 1.54) is 13.1 Å². The molecule has 1 N–H and O–H groups in total. The third kappa shape index (κ3) is 4.90. The molecule has 0 saturated carbocycles. The standard InChI is InChI=1S/C16H22F2NOP/c1-10-6-13(9-20-5)7-14(21)15(10)12(3)19-8-11(2)16(4,17)18/h6-8,19H,3,9,21H2,1-2,4-5H3/b11-8+. The Balaban J connectivity index is 2.99. The van der Waals surface area contributed by atoms with Gasteiger partial charge >= 0.3 is 0 Å². The van der Waals surface area contributed by atoms with Crippen molar-refractivity contribution in [3.8, 4) is 0 Å². The Hall–Kier alpha value is -1.25. The highest BCUT2D eigenvalue weighted by Crippen LogP contribution is 2.23. The normalized spacial score (nSPS) is 12.4. The second-order valence-corrected chi connectivity index (χ2v) is 5.77. The van der Waals surface area contributed by atoms with E-state index in [2.05, 4.69) is 21.1 Å². The maximum absolute atomic E-state index is 13.1. The van der Waals surface area contributed by atoms with E-state index in [9.17, 15) is 8.78 Å². The van der Waals surface area contributed by atoms with Crippen molar-refractivity contribution in [3.63, 3.8) is 0 Å². The summed E-state index contributed by atoms with van der Waals surface area (Å²) >= 11 is 0. The zero-order chi connectivity index (χ0) is 16.2. The van der Waals surface area contributed by atoms with Gasteiger partial charge in [0.15, 0.2) is 0 Å². The van der Waals surface area contributed by atoms with E-state index in [0.717, 1.165) is 28.9 Å². The van der Waals surface area contributed by atoms with Crippen LogP contribution >= 0.6 is 9.24 Å². The molecule has 21 heavy (non-hydrogen) atoms. The fourth-order valence-electron chi connectivity index (χ4n) is 1.95. The highest BCUT2D eigenvalue weighted by molar-refractivity contribution is 7.27. The Morgan fingerprint density at radius 1 is 1.48 bits per heavy atom. The van der Waals surface area contributed by atoms with Crippen molar-refractivity contribution in [3.05, 3.63) is 47.2 Å². The first-order valence-corrected chi connectivity index (χ1v) is 7.13. The summed E-state index contributed by atoms with van der Waals surface area (Å²) in [7, 11) is 4.29. The summed E-state index contributed by atoms with van der Waals surface area (Å²) in [5.74, 6) is -2.84. The lowest BCUT2D eigenvalue weighted by molar-refractivity contribution is 0.0631. The van der Waals surface area contributed by atoms with Crippen LogP contribution in [0.4, 0.5) is 8.78 Å². The van der Waals surface area contributed by atoms with Gasteiger partial charge in [-0.2, -0.15) is 0 Å². The van der Waals surface area contributed by atoms with E-state index in [4.69, 9.17) is 4.74 Å². The van der Waals surface area contributed by atoms with Crippen molar-refractivity contribution < 1.29 is 13.5 Å². The lowest BCUT2D eigenvalue weighted by atomic mass is 10.0. The highest BCUT2D eigenvalue weighted by atomic mass is 31.0. The number of alkyl halides is 2. The number of benzene rings is 1. The van der Waals surface area contributed by atoms with Crippen LogP contribution in [0.3, 0.4) is 0 Å². The molecule has 0 fully saturated rings. The molecule has 116 valence electrons. The van der Waals surface area contributed by atoms with Crippen molar-refractivity contribution in [2.45, 2.75) is 33.3 Å². The van der Waals surface area contributed by atoms with Crippen molar-refractivity contribution in [1.29, 1.82) is 0 Å². The molecule has 1 aromatic rings. The van der Waals surface area contributed by atoms with Crippen LogP contribution in [-0.4, -0.2) is 13.0 Å². The first-order valence-electron chi connectivity index (χ1n) is 6.55. The largest absolute Gasteiger partial charge is 0.380 e. The predicted molar refractivity (Wildman–Crippen MR) is 87.8 cm³/mol. The molecule has 2 nitrogen and oxygen atoms in total. The first-order chi connectivity index (χ1) is 9.66. The van der Waals surface area contributed by atoms with Gasteiger partial charge in [0.25, 0.3) is 5.92 Å². The third-order valence-corrected chi connectivity index (χ3v) is 3.65. The number of allylic oxidation sites excluding steroid dienone is 1. The van der Waals surface area contributed by atoms with Crippen molar-refractivity contribution in [2.75, 3.05) is 7.11 Å². The Kier molecular flexibility index (Phi) is 6.06. The van der Waals surface area contributed by atoms with Crippen LogP contribution in [0.2, 0.25) is 0 Å². The summed E-state index contributed by atoms with van der Waals surface area (Å²) in [5, 5.41) is 3.81. The summed E-state index contributed by atoms with van der Waals surface area (Å²) in [5.41, 5.74) is 3.53. The van der Waals surface area contributed by atoms with Gasteiger partial charge in [0.2, 0.25) is 0 Å². The quantitative estimate of drug-likeness (QED) is 0.808. The van der Waals surface area contributed by atoms with Crippen LogP contribution < -0.4 is 10.6 Å². The molecule has 0 radical (unpaired) electrons. The van der Waals surface area contributed by atoms with Gasteiger partial charge in [-0.1, -0.05) is 12.6 Å². The van der Waals surface area contributed by atoms with Gasteiger partial charge in [-0.15, -0.1) is 9.24 Å². The maximum atomic E-state index is 13.1. The summed E-state index contributed by atoms with van der Waals surface area (Å²) in [4.78, 5) is 0. The molecule has 5 heteroatoms. The molecule has 0 heterocycles. The molecule has 1 unspecified atom stereocenters. The maximum Gasteiger partial charge on any atom is 0.268 e. The fourth-order valence-corrected chi connectivity index (χ4v) is 2.56. The van der Waals surface area contributed by atoms with Gasteiger partial charge < -0.3 is 10.1 Å². The number of nitrogens with one attached hydrogen (secondary N) is 1. The minimum atomic E-state index is -2.84. The lowest BCUT2D eigenvalue weighted by Crippen LogP contribution is -2.17. The summed E-state index contributed by atoms with van der Waals surface area (Å²) < 4.78 is 31.3. The zero-order valence-corrected chi connectivity index (χ0v) is 14.0. The van der Waals surface area contributed by atoms with E-state index in [0.29, 0.717) is 12.3 Å². The highest BCUT2D eigenvalue weighted by Gasteiger charge is 2.23. The molecule has 1 rings (SSSR count). The molecule has 1 aromatic carbocycles. The lowest BCUT2D eigenvalue weighted by Gasteiger charge is -2.16. The van der Waals surface area contributed by atoms with E-state index >= 15 is 0 Å². The molecule has 0 aliphatic carbocycles. The van der Waals surface area contributed by atoms with Crippen LogP contribution in [-0.2, 0) is 11.3 Å². The molecule has 0 saturated heterocycles. The van der Waals surface area contributed by atoms with Crippen molar-refractivity contribution in [2.24, 2.45) is 0 Å². The van der Waals surface area contributed by atoms with Gasteiger partial charge in [-0.05, 0) is 36.3 Å². The Morgan fingerprint density at radius 2 is 2.10 bits per heavy atom. The predicted octanol–water partition coefficient (Wildman–Crippen LogP) is 3.76. The first kappa shape index (κ1) is 17.8. The second-order valence-electron chi connectivity index (χ2n) is 5.15. The van der Waals surface area contributed by atoms with Crippen LogP contribution in [0.5, 0.6) is 0 Å². The SMILES string of the molecule is C=C(N/C=C(\C)C(C)(F)F)c1c(C)cc(COC)cc1P. The van der Waals surface area contributed by atoms with Crippen molar-refractivity contribution >= 4 is 20.2 Å². The number of rotatable bonds is 6. The van der Waals surface area contributed by atoms with Gasteiger partial charge in [0, 0.05) is 37.1 Å². The van der Waals surface area contributed by atoms with Gasteiger partial charge in [-0.3, -0.25) is 0 Å². The molecule has 0 aliphatic rings. The average molecular weight is 313 g/mol. The number of aryl methyl sites for hydroxylation is 1. The van der Waals surface area contributed by atoms with Gasteiger partial charge in [-0.25, -0.2) is 8.78 Å². The molecular formula is C16H22F2NOP. The molecular weight excluding hydrogens is 291 g/mol. The molecule has 0 aliphatic heterocycles. The van der Waals surface area contributed by atoms with Crippen LogP contribution in [0.15, 0.2) is 30.5 Å². The molecule has 0 bridgehead atoms. The van der Waals surface area contributed by atoms with Gasteiger partial charge in [0.05, 0.1) is 6.61 Å². The summed E-state index contributed by atoms with van der Waals surface area (Å²) in [6, 6.07) is 3.98. The van der Waals surface area contributed by atoms with Crippen LogP contribution in [0, 0.1) is 6.92 Å². The number of methoxy groups -OCH3 is 1. The molecule has 1 atom stereocenters. The second kappa shape index (κ2) is 7.15. The van der Waals surface area contributed by atoms with Crippen LogP contribution in [0.1, 0.15) is 30.5 Å². The molecule has 0 spiro atoms. The van der Waals surface area contributed by atoms with Crippen molar-refractivity contribution in [1.82, 2.24) is 5.32 Å². The average Bonchev–Trinajstić information content (AvgIpc) is 2.34. The van der Waals surface area contributed by atoms with E-state index in [1.807, 2.05) is 19.1 Å². The topological polar surface area (TPSA) is 21.3 Å². The number of hydrogen-bond acceptors (Lipinski definition) is 2. The Labute approximate surface area is 127 Å². The van der Waals surface area contributed by atoms with Crippen LogP contribution in [0.25, 0.3) is 5.70 Å². The molecule has 0 aromatic heterocycles. The van der Waals surface area contributed by atoms with E-state index < -0.39 is 5.92 Å². The monoisotopic (exact) mass is 313 g/mol. The molecule has 0 amide bonds. The number of hydrogen-bond donors (Lipinski definition) is 1. The Morgan fingerprint density at radius 3 is 2.57 bits per heavy atom. The minimum absolute atomic E-state index is 0.0392. The minimum Gasteiger partial charge on any atom is -0.380 e. The van der Waals surface area contributed by atoms with Gasteiger partial charge in [0.1, 0.15) is 0 Å². The Bertz CT molecular complexity index is 539. The third-order valence-electron chi connectivity index (χ3n) is 3.19. The fraction of sp³-hybridized carbons (Fsp3) is 0.375. The summed E-state index contributed by atoms with van der Waals surface area (Å²) in [6.07, 6.45) is 1.30. The van der Waals surface area contributed by atoms with E-state index in [1.54, 1.807) is 7.11 Å². The summed E-state index contributed by atoms with van der Waals surface area (Å²) in [6.45, 7) is 8.68. The van der Waals surface area contributed by atoms with E-state index in [-0.39, 0.29) is 5.57 Å². The zero-order valence-electron chi connectivity index (χ0n) is 12.9.